The number of rotatable bonds is 2. The van der Waals surface area contributed by atoms with Crippen LogP contribution in [-0.2, 0) is 6.54 Å². The molecule has 0 atom stereocenters. The van der Waals surface area contributed by atoms with Gasteiger partial charge in [0.2, 0.25) is 0 Å². The van der Waals surface area contributed by atoms with Crippen molar-refractivity contribution >= 4 is 32.8 Å². The van der Waals surface area contributed by atoms with Crippen LogP contribution in [0.3, 0.4) is 0 Å². The summed E-state index contributed by atoms with van der Waals surface area (Å²) in [4.78, 5) is 11.0. The van der Waals surface area contributed by atoms with Gasteiger partial charge in [-0.3, -0.25) is 4.68 Å². The lowest BCUT2D eigenvalue weighted by Gasteiger charge is -2.01. The van der Waals surface area contributed by atoms with Crippen molar-refractivity contribution in [1.82, 2.24) is 9.78 Å². The largest absolute Gasteiger partial charge is 0.478 e. The van der Waals surface area contributed by atoms with Crippen LogP contribution >= 0.6 is 15.9 Å². The van der Waals surface area contributed by atoms with Crippen LogP contribution in [0.1, 0.15) is 17.3 Å². The smallest absolute Gasteiger partial charge is 0.336 e. The molecule has 2 aromatic rings. The summed E-state index contributed by atoms with van der Waals surface area (Å²) in [7, 11) is 0. The number of aromatic carboxylic acids is 1. The van der Waals surface area contributed by atoms with Gasteiger partial charge in [0.05, 0.1) is 17.3 Å². The number of benzene rings is 1. The number of aromatic nitrogens is 2. The third-order valence-corrected chi connectivity index (χ3v) is 2.72. The molecule has 0 saturated carbocycles. The van der Waals surface area contributed by atoms with E-state index >= 15 is 0 Å². The molecule has 0 amide bonds. The van der Waals surface area contributed by atoms with Crippen LogP contribution in [-0.4, -0.2) is 20.9 Å². The minimum atomic E-state index is -0.933. The van der Waals surface area contributed by atoms with E-state index in [1.54, 1.807) is 16.9 Å². The quantitative estimate of drug-likeness (QED) is 0.911. The molecule has 1 aromatic carbocycles. The zero-order valence-corrected chi connectivity index (χ0v) is 9.65. The van der Waals surface area contributed by atoms with Crippen LogP contribution in [0.5, 0.6) is 0 Å². The molecule has 1 aromatic heterocycles. The van der Waals surface area contributed by atoms with Crippen molar-refractivity contribution < 1.29 is 9.90 Å². The molecule has 1 N–H and O–H groups in total. The molecular formula is C10H9BrN2O2. The average Bonchev–Trinajstić information content (AvgIpc) is 2.58. The molecule has 0 unspecified atom stereocenters. The van der Waals surface area contributed by atoms with Gasteiger partial charge in [-0.2, -0.15) is 5.10 Å². The number of fused-ring (bicyclic) bond motifs is 1. The number of hydrogen-bond acceptors (Lipinski definition) is 2. The first-order chi connectivity index (χ1) is 7.13. The van der Waals surface area contributed by atoms with E-state index in [0.717, 1.165) is 16.5 Å². The Labute approximate surface area is 94.6 Å². The molecule has 0 fully saturated rings. The highest BCUT2D eigenvalue weighted by Crippen LogP contribution is 2.24. The van der Waals surface area contributed by atoms with Crippen molar-refractivity contribution in [3.63, 3.8) is 0 Å². The summed E-state index contributed by atoms with van der Waals surface area (Å²) < 4.78 is 2.52. The minimum absolute atomic E-state index is 0.277. The van der Waals surface area contributed by atoms with Crippen LogP contribution in [0.15, 0.2) is 22.8 Å². The molecule has 4 nitrogen and oxygen atoms in total. The minimum Gasteiger partial charge on any atom is -0.478 e. The van der Waals surface area contributed by atoms with Gasteiger partial charge in [-0.05, 0) is 19.1 Å². The summed E-state index contributed by atoms with van der Waals surface area (Å²) >= 11 is 3.30. The Morgan fingerprint density at radius 1 is 1.60 bits per heavy atom. The van der Waals surface area contributed by atoms with Crippen molar-refractivity contribution in [1.29, 1.82) is 0 Å². The topological polar surface area (TPSA) is 55.1 Å². The van der Waals surface area contributed by atoms with Crippen LogP contribution in [0.4, 0.5) is 0 Å². The Morgan fingerprint density at radius 3 is 2.93 bits per heavy atom. The van der Waals surface area contributed by atoms with Crippen molar-refractivity contribution in [2.24, 2.45) is 0 Å². The zero-order valence-electron chi connectivity index (χ0n) is 8.07. The first-order valence-corrected chi connectivity index (χ1v) is 5.31. The number of hydrogen-bond donors (Lipinski definition) is 1. The molecular weight excluding hydrogens is 260 g/mol. The Hall–Kier alpha value is -1.36. The molecule has 0 radical (unpaired) electrons. The first kappa shape index (κ1) is 10.2. The summed E-state index contributed by atoms with van der Waals surface area (Å²) in [6.45, 7) is 2.69. The third kappa shape index (κ3) is 1.63. The summed E-state index contributed by atoms with van der Waals surface area (Å²) in [5.74, 6) is -0.933. The van der Waals surface area contributed by atoms with Crippen molar-refractivity contribution in [3.05, 3.63) is 28.4 Å². The maximum atomic E-state index is 11.0. The lowest BCUT2D eigenvalue weighted by Crippen LogP contribution is -1.99. The molecule has 2 rings (SSSR count). The van der Waals surface area contributed by atoms with Crippen molar-refractivity contribution in [3.8, 4) is 0 Å². The highest BCUT2D eigenvalue weighted by atomic mass is 79.9. The second-order valence-electron chi connectivity index (χ2n) is 3.15. The van der Waals surface area contributed by atoms with E-state index in [9.17, 15) is 4.79 Å². The van der Waals surface area contributed by atoms with Gasteiger partial charge in [-0.15, -0.1) is 0 Å². The predicted octanol–water partition coefficient (Wildman–Crippen LogP) is 2.52. The van der Waals surface area contributed by atoms with Crippen molar-refractivity contribution in [2.45, 2.75) is 13.5 Å². The van der Waals surface area contributed by atoms with Crippen molar-refractivity contribution in [2.75, 3.05) is 0 Å². The lowest BCUT2D eigenvalue weighted by atomic mass is 10.1. The molecule has 0 bridgehead atoms. The number of halogens is 1. The molecule has 78 valence electrons. The Morgan fingerprint density at radius 2 is 2.33 bits per heavy atom. The fourth-order valence-electron chi connectivity index (χ4n) is 1.57. The standard InChI is InChI=1S/C10H9BrN2O2/c1-2-13-9-4-6(11)3-7(10(14)15)8(9)5-12-13/h3-5H,2H2,1H3,(H,14,15). The Kier molecular flexibility index (Phi) is 2.48. The van der Waals surface area contributed by atoms with Gasteiger partial charge in [-0.25, -0.2) is 4.79 Å². The van der Waals surface area contributed by atoms with E-state index in [1.807, 2.05) is 13.0 Å². The van der Waals surface area contributed by atoms with Gasteiger partial charge in [0.15, 0.2) is 0 Å². The molecule has 15 heavy (non-hydrogen) atoms. The van der Waals surface area contributed by atoms with Crippen LogP contribution in [0, 0.1) is 0 Å². The van der Waals surface area contributed by atoms with Gasteiger partial charge in [0, 0.05) is 16.4 Å². The highest BCUT2D eigenvalue weighted by Gasteiger charge is 2.12. The van der Waals surface area contributed by atoms with Gasteiger partial charge in [-0.1, -0.05) is 15.9 Å². The number of nitrogens with zero attached hydrogens (tertiary/aromatic N) is 2. The Bertz CT molecular complexity index is 533. The van der Waals surface area contributed by atoms with Gasteiger partial charge in [0.1, 0.15) is 0 Å². The third-order valence-electron chi connectivity index (χ3n) is 2.26. The maximum absolute atomic E-state index is 11.0. The lowest BCUT2D eigenvalue weighted by molar-refractivity contribution is 0.0699. The molecule has 0 aliphatic rings. The van der Waals surface area contributed by atoms with Gasteiger partial charge < -0.3 is 5.11 Å². The van der Waals surface area contributed by atoms with E-state index in [0.29, 0.717) is 5.39 Å². The molecule has 0 aliphatic heterocycles. The Balaban J connectivity index is 2.82. The SMILES string of the molecule is CCn1ncc2c(C(=O)O)cc(Br)cc21. The van der Waals surface area contributed by atoms with E-state index < -0.39 is 5.97 Å². The summed E-state index contributed by atoms with van der Waals surface area (Å²) in [6.07, 6.45) is 1.59. The summed E-state index contributed by atoms with van der Waals surface area (Å²) in [5.41, 5.74) is 1.11. The van der Waals surface area contributed by atoms with E-state index in [4.69, 9.17) is 5.11 Å². The molecule has 0 spiro atoms. The average molecular weight is 269 g/mol. The van der Waals surface area contributed by atoms with E-state index in [1.165, 1.54) is 0 Å². The molecule has 0 saturated heterocycles. The van der Waals surface area contributed by atoms with Crippen LogP contribution in [0.25, 0.3) is 10.9 Å². The zero-order chi connectivity index (χ0) is 11.0. The van der Waals surface area contributed by atoms with Crippen LogP contribution < -0.4 is 0 Å². The number of aryl methyl sites for hydroxylation is 1. The molecule has 0 aliphatic carbocycles. The molecule has 1 heterocycles. The fourth-order valence-corrected chi connectivity index (χ4v) is 2.02. The van der Waals surface area contributed by atoms with Crippen LogP contribution in [0.2, 0.25) is 0 Å². The monoisotopic (exact) mass is 268 g/mol. The second kappa shape index (κ2) is 3.66. The first-order valence-electron chi connectivity index (χ1n) is 4.52. The van der Waals surface area contributed by atoms with Gasteiger partial charge >= 0.3 is 5.97 Å². The molecule has 5 heteroatoms. The van der Waals surface area contributed by atoms with E-state index in [2.05, 4.69) is 21.0 Å². The number of carboxylic acids is 1. The van der Waals surface area contributed by atoms with E-state index in [-0.39, 0.29) is 5.56 Å². The highest BCUT2D eigenvalue weighted by molar-refractivity contribution is 9.10. The maximum Gasteiger partial charge on any atom is 0.336 e. The normalized spacial score (nSPS) is 10.8. The number of carboxylic acid groups (broad SMARTS) is 1. The number of carbonyl (C=O) groups is 1. The fraction of sp³-hybridized carbons (Fsp3) is 0.200. The summed E-state index contributed by atoms with van der Waals surface area (Å²) in [6, 6.07) is 3.46. The second-order valence-corrected chi connectivity index (χ2v) is 4.07. The predicted molar refractivity (Wildman–Crippen MR) is 60.1 cm³/mol. The van der Waals surface area contributed by atoms with Gasteiger partial charge in [0.25, 0.3) is 0 Å². The summed E-state index contributed by atoms with van der Waals surface area (Å²) in [5, 5.41) is 13.8.